The molecule has 0 bridgehead atoms. The summed E-state index contributed by atoms with van der Waals surface area (Å²) in [7, 11) is 0. The van der Waals surface area contributed by atoms with Crippen LogP contribution in [0.25, 0.3) is 11.0 Å². The van der Waals surface area contributed by atoms with Crippen LogP contribution >= 0.6 is 0 Å². The molecule has 1 N–H and O–H groups in total. The third-order valence-corrected chi connectivity index (χ3v) is 6.17. The summed E-state index contributed by atoms with van der Waals surface area (Å²) in [5, 5.41) is 10.8. The van der Waals surface area contributed by atoms with Gasteiger partial charge in [0.15, 0.2) is 0 Å². The highest BCUT2D eigenvalue weighted by Crippen LogP contribution is 2.33. The van der Waals surface area contributed by atoms with Gasteiger partial charge in [0, 0.05) is 24.6 Å². The molecule has 1 aliphatic rings. The van der Waals surface area contributed by atoms with Gasteiger partial charge in [0.1, 0.15) is 30.1 Å². The number of aromatic nitrogens is 2. The molecule has 1 aliphatic heterocycles. The third kappa shape index (κ3) is 4.52. The Morgan fingerprint density at radius 2 is 1.82 bits per heavy atom. The van der Waals surface area contributed by atoms with E-state index in [1.165, 1.54) is 12.1 Å². The number of aliphatic hydroxyl groups excluding tert-OH is 1. The number of nitrogens with zero attached hydrogens (tertiary/aromatic N) is 3. The zero-order valence-corrected chi connectivity index (χ0v) is 18.9. The molecule has 3 aromatic carbocycles. The van der Waals surface area contributed by atoms with Gasteiger partial charge in [0.25, 0.3) is 0 Å². The average Bonchev–Trinajstić information content (AvgIpc) is 3.40. The summed E-state index contributed by atoms with van der Waals surface area (Å²) in [5.74, 6) is 0.953. The maximum atomic E-state index is 13.3. The van der Waals surface area contributed by atoms with E-state index in [-0.39, 0.29) is 24.2 Å². The van der Waals surface area contributed by atoms with Crippen LogP contribution in [0.5, 0.6) is 5.75 Å². The number of carbonyl (C=O) groups excluding carboxylic acids is 1. The second-order valence-corrected chi connectivity index (χ2v) is 8.73. The number of aryl methyl sites for hydroxylation is 1. The van der Waals surface area contributed by atoms with E-state index in [9.17, 15) is 14.3 Å². The van der Waals surface area contributed by atoms with Crippen molar-refractivity contribution in [1.29, 1.82) is 0 Å². The Morgan fingerprint density at radius 3 is 2.59 bits per heavy atom. The third-order valence-electron chi connectivity index (χ3n) is 6.17. The van der Waals surface area contributed by atoms with Crippen molar-refractivity contribution < 1.29 is 19.0 Å². The van der Waals surface area contributed by atoms with Crippen LogP contribution in [0.3, 0.4) is 0 Å². The Bertz CT molecular complexity index is 1300. The second-order valence-electron chi connectivity index (χ2n) is 8.73. The molecule has 5 rings (SSSR count). The zero-order valence-electron chi connectivity index (χ0n) is 18.9. The van der Waals surface area contributed by atoms with Gasteiger partial charge in [0.05, 0.1) is 17.6 Å². The molecule has 7 heteroatoms. The van der Waals surface area contributed by atoms with Crippen molar-refractivity contribution in [1.82, 2.24) is 9.55 Å². The highest BCUT2D eigenvalue weighted by Gasteiger charge is 2.35. The molecule has 2 atom stereocenters. The Kier molecular flexibility index (Phi) is 6.02. The van der Waals surface area contributed by atoms with E-state index < -0.39 is 6.10 Å². The van der Waals surface area contributed by atoms with E-state index in [1.54, 1.807) is 17.0 Å². The number of anilines is 1. The maximum Gasteiger partial charge on any atom is 0.227 e. The maximum absolute atomic E-state index is 13.3. The van der Waals surface area contributed by atoms with E-state index >= 15 is 0 Å². The molecule has 1 fully saturated rings. The minimum absolute atomic E-state index is 0.0292. The van der Waals surface area contributed by atoms with Crippen LogP contribution in [0.1, 0.15) is 23.7 Å². The number of imidazole rings is 1. The summed E-state index contributed by atoms with van der Waals surface area (Å²) in [5.41, 5.74) is 3.53. The normalized spacial score (nSPS) is 16.9. The molecule has 4 aromatic rings. The standard InChI is InChI=1S/C27H26FN3O3/c1-18-6-12-23(13-7-18)34-17-22(32)16-31-25-5-3-2-4-24(25)29-27(31)19-14-26(33)30(15-19)21-10-8-20(28)9-11-21/h2-13,19,22,32H,14-17H2,1H3/t19-,22-/m0/s1. The molecule has 0 spiro atoms. The number of aliphatic hydroxyl groups is 1. The molecular weight excluding hydrogens is 433 g/mol. The number of fused-ring (bicyclic) bond motifs is 1. The van der Waals surface area contributed by atoms with Crippen LogP contribution in [0.2, 0.25) is 0 Å². The first-order valence-corrected chi connectivity index (χ1v) is 11.4. The summed E-state index contributed by atoms with van der Waals surface area (Å²) < 4.78 is 21.1. The zero-order chi connectivity index (χ0) is 23.7. The van der Waals surface area contributed by atoms with Crippen LogP contribution < -0.4 is 9.64 Å². The van der Waals surface area contributed by atoms with Crippen LogP contribution in [0.15, 0.2) is 72.8 Å². The SMILES string of the molecule is Cc1ccc(OC[C@@H](O)Cn2c([C@H]3CC(=O)N(c4ccc(F)cc4)C3)nc3ccccc32)cc1. The van der Waals surface area contributed by atoms with E-state index in [4.69, 9.17) is 9.72 Å². The lowest BCUT2D eigenvalue weighted by Gasteiger charge is -2.19. The van der Waals surface area contributed by atoms with Gasteiger partial charge >= 0.3 is 0 Å². The van der Waals surface area contributed by atoms with Gasteiger partial charge in [-0.25, -0.2) is 9.37 Å². The molecule has 2 heterocycles. The molecule has 34 heavy (non-hydrogen) atoms. The summed E-state index contributed by atoms with van der Waals surface area (Å²) in [6, 6.07) is 21.4. The number of ether oxygens (including phenoxy) is 1. The highest BCUT2D eigenvalue weighted by atomic mass is 19.1. The van der Waals surface area contributed by atoms with Crippen molar-refractivity contribution in [2.24, 2.45) is 0 Å². The van der Waals surface area contributed by atoms with Crippen LogP contribution in [0.4, 0.5) is 10.1 Å². The molecule has 0 unspecified atom stereocenters. The van der Waals surface area contributed by atoms with Crippen molar-refractivity contribution in [3.8, 4) is 5.75 Å². The largest absolute Gasteiger partial charge is 0.491 e. The van der Waals surface area contributed by atoms with E-state index in [2.05, 4.69) is 0 Å². The summed E-state index contributed by atoms with van der Waals surface area (Å²) >= 11 is 0. The smallest absolute Gasteiger partial charge is 0.227 e. The quantitative estimate of drug-likeness (QED) is 0.444. The lowest BCUT2D eigenvalue weighted by atomic mass is 10.1. The van der Waals surface area contributed by atoms with E-state index in [0.29, 0.717) is 30.9 Å². The number of hydrogen-bond acceptors (Lipinski definition) is 4. The number of rotatable bonds is 7. The van der Waals surface area contributed by atoms with Crippen molar-refractivity contribution in [3.63, 3.8) is 0 Å². The van der Waals surface area contributed by atoms with Crippen LogP contribution in [0, 0.1) is 12.7 Å². The fourth-order valence-electron chi connectivity index (χ4n) is 4.44. The van der Waals surface area contributed by atoms with Gasteiger partial charge in [-0.2, -0.15) is 0 Å². The van der Waals surface area contributed by atoms with Gasteiger partial charge < -0.3 is 19.3 Å². The average molecular weight is 460 g/mol. The molecular formula is C27H26FN3O3. The van der Waals surface area contributed by atoms with Crippen molar-refractivity contribution in [2.45, 2.75) is 31.9 Å². The predicted molar refractivity (Wildman–Crippen MR) is 129 cm³/mol. The first kappa shape index (κ1) is 22.1. The minimum atomic E-state index is -0.761. The first-order valence-electron chi connectivity index (χ1n) is 11.4. The topological polar surface area (TPSA) is 67.6 Å². The van der Waals surface area contributed by atoms with Gasteiger partial charge in [-0.3, -0.25) is 4.79 Å². The number of amides is 1. The number of halogens is 1. The molecule has 0 radical (unpaired) electrons. The van der Waals surface area contributed by atoms with Crippen LogP contribution in [-0.2, 0) is 11.3 Å². The Morgan fingerprint density at radius 1 is 1.09 bits per heavy atom. The summed E-state index contributed by atoms with van der Waals surface area (Å²) in [6.45, 7) is 2.89. The van der Waals surface area contributed by atoms with Crippen molar-refractivity contribution in [2.75, 3.05) is 18.1 Å². The van der Waals surface area contributed by atoms with Crippen molar-refractivity contribution >= 4 is 22.6 Å². The lowest BCUT2D eigenvalue weighted by molar-refractivity contribution is -0.117. The molecule has 1 amide bonds. The minimum Gasteiger partial charge on any atom is -0.491 e. The summed E-state index contributed by atoms with van der Waals surface area (Å²) in [4.78, 5) is 19.3. The van der Waals surface area contributed by atoms with E-state index in [1.807, 2.05) is 60.0 Å². The van der Waals surface area contributed by atoms with Gasteiger partial charge in [-0.15, -0.1) is 0 Å². The van der Waals surface area contributed by atoms with Crippen molar-refractivity contribution in [3.05, 3.63) is 90.0 Å². The Balaban J connectivity index is 1.37. The molecule has 0 aliphatic carbocycles. The fraction of sp³-hybridized carbons (Fsp3) is 0.259. The predicted octanol–water partition coefficient (Wildman–Crippen LogP) is 4.44. The molecule has 1 aromatic heterocycles. The fourth-order valence-corrected chi connectivity index (χ4v) is 4.44. The van der Waals surface area contributed by atoms with E-state index in [0.717, 1.165) is 22.4 Å². The number of carbonyl (C=O) groups is 1. The number of hydrogen-bond donors (Lipinski definition) is 1. The number of benzene rings is 3. The molecule has 174 valence electrons. The Hall–Kier alpha value is -3.71. The lowest BCUT2D eigenvalue weighted by Crippen LogP contribution is -2.26. The molecule has 6 nitrogen and oxygen atoms in total. The Labute approximate surface area is 197 Å². The summed E-state index contributed by atoms with van der Waals surface area (Å²) in [6.07, 6.45) is -0.459. The highest BCUT2D eigenvalue weighted by molar-refractivity contribution is 5.96. The second kappa shape index (κ2) is 9.27. The molecule has 1 saturated heterocycles. The van der Waals surface area contributed by atoms with Crippen LogP contribution in [-0.4, -0.2) is 39.8 Å². The molecule has 0 saturated carbocycles. The first-order chi connectivity index (χ1) is 16.5. The van der Waals surface area contributed by atoms with Gasteiger partial charge in [0.2, 0.25) is 5.91 Å². The number of para-hydroxylation sites is 2. The van der Waals surface area contributed by atoms with Gasteiger partial charge in [-0.1, -0.05) is 29.8 Å². The van der Waals surface area contributed by atoms with Gasteiger partial charge in [-0.05, 0) is 55.5 Å². The monoisotopic (exact) mass is 459 g/mol.